The highest BCUT2D eigenvalue weighted by Gasteiger charge is 2.30. The van der Waals surface area contributed by atoms with Gasteiger partial charge in [-0.1, -0.05) is 12.1 Å². The summed E-state index contributed by atoms with van der Waals surface area (Å²) in [4.78, 5) is 16.2. The number of ether oxygens (including phenoxy) is 1. The first kappa shape index (κ1) is 15.5. The minimum absolute atomic E-state index is 0.00144. The van der Waals surface area contributed by atoms with E-state index in [0.717, 1.165) is 12.1 Å². The van der Waals surface area contributed by atoms with Crippen LogP contribution in [0.5, 0.6) is 0 Å². The highest BCUT2D eigenvalue weighted by molar-refractivity contribution is 5.92. The van der Waals surface area contributed by atoms with Crippen molar-refractivity contribution in [1.82, 2.24) is 14.9 Å². The van der Waals surface area contributed by atoms with Gasteiger partial charge in [-0.3, -0.25) is 4.79 Å². The summed E-state index contributed by atoms with van der Waals surface area (Å²) in [5.74, 6) is 0.241. The van der Waals surface area contributed by atoms with Crippen LogP contribution in [0.25, 0.3) is 0 Å². The zero-order valence-corrected chi connectivity index (χ0v) is 12.1. The number of halogens is 3. The van der Waals surface area contributed by atoms with Crippen molar-refractivity contribution in [3.05, 3.63) is 53.1 Å². The maximum absolute atomic E-state index is 12.7. The van der Waals surface area contributed by atoms with Crippen molar-refractivity contribution in [3.8, 4) is 0 Å². The number of carbonyl (C=O) groups excluding carboxylic acids is 1. The molecule has 1 aromatic heterocycles. The molecule has 0 aliphatic carbocycles. The van der Waals surface area contributed by atoms with E-state index in [2.05, 4.69) is 10.3 Å². The number of hydrogen-bond acceptors (Lipinski definition) is 3. The highest BCUT2D eigenvalue weighted by Crippen LogP contribution is 2.29. The number of fused-ring (bicyclic) bond motifs is 1. The molecule has 1 amide bonds. The van der Waals surface area contributed by atoms with E-state index in [0.29, 0.717) is 31.1 Å². The van der Waals surface area contributed by atoms with E-state index >= 15 is 0 Å². The molecular weight excluding hydrogens is 311 g/mol. The lowest BCUT2D eigenvalue weighted by Gasteiger charge is -2.13. The highest BCUT2D eigenvalue weighted by atomic mass is 19.4. The second kappa shape index (κ2) is 6.04. The van der Waals surface area contributed by atoms with Gasteiger partial charge in [0.15, 0.2) is 0 Å². The van der Waals surface area contributed by atoms with Gasteiger partial charge in [0.05, 0.1) is 12.2 Å². The first-order chi connectivity index (χ1) is 10.9. The van der Waals surface area contributed by atoms with Crippen molar-refractivity contribution in [3.63, 3.8) is 0 Å². The van der Waals surface area contributed by atoms with Gasteiger partial charge in [-0.05, 0) is 17.7 Å². The van der Waals surface area contributed by atoms with Crippen molar-refractivity contribution >= 4 is 5.91 Å². The topological polar surface area (TPSA) is 56.2 Å². The second-order valence-corrected chi connectivity index (χ2v) is 5.17. The molecule has 1 aliphatic rings. The van der Waals surface area contributed by atoms with Crippen LogP contribution in [0.3, 0.4) is 0 Å². The molecule has 0 saturated carbocycles. The SMILES string of the molecule is O=C(NCc1cccc(C(F)(F)F)c1)c1cn2c(n1)COCC2. The first-order valence-corrected chi connectivity index (χ1v) is 7.01. The second-order valence-electron chi connectivity index (χ2n) is 5.17. The van der Waals surface area contributed by atoms with Crippen LogP contribution >= 0.6 is 0 Å². The van der Waals surface area contributed by atoms with Crippen LogP contribution in [0.2, 0.25) is 0 Å². The van der Waals surface area contributed by atoms with Crippen LogP contribution in [0.1, 0.15) is 27.4 Å². The summed E-state index contributed by atoms with van der Waals surface area (Å²) < 4.78 is 45.0. The van der Waals surface area contributed by atoms with Crippen LogP contribution in [0, 0.1) is 0 Å². The molecule has 8 heteroatoms. The molecule has 122 valence electrons. The fourth-order valence-electron chi connectivity index (χ4n) is 2.33. The normalized spacial score (nSPS) is 14.4. The lowest BCUT2D eigenvalue weighted by atomic mass is 10.1. The number of imidazole rings is 1. The summed E-state index contributed by atoms with van der Waals surface area (Å²) >= 11 is 0. The molecule has 2 heterocycles. The van der Waals surface area contributed by atoms with E-state index in [-0.39, 0.29) is 12.2 Å². The quantitative estimate of drug-likeness (QED) is 0.942. The molecule has 2 aromatic rings. The third-order valence-corrected chi connectivity index (χ3v) is 3.51. The predicted molar refractivity (Wildman–Crippen MR) is 74.5 cm³/mol. The van der Waals surface area contributed by atoms with Gasteiger partial charge in [-0.25, -0.2) is 4.98 Å². The lowest BCUT2D eigenvalue weighted by Crippen LogP contribution is -2.23. The zero-order chi connectivity index (χ0) is 16.4. The number of hydrogen-bond donors (Lipinski definition) is 1. The van der Waals surface area contributed by atoms with Gasteiger partial charge in [-0.2, -0.15) is 13.2 Å². The fraction of sp³-hybridized carbons (Fsp3) is 0.333. The monoisotopic (exact) mass is 325 g/mol. The smallest absolute Gasteiger partial charge is 0.372 e. The van der Waals surface area contributed by atoms with Gasteiger partial charge in [-0.15, -0.1) is 0 Å². The molecule has 1 N–H and O–H groups in total. The van der Waals surface area contributed by atoms with Crippen LogP contribution in [0.15, 0.2) is 30.5 Å². The maximum atomic E-state index is 12.7. The van der Waals surface area contributed by atoms with Gasteiger partial charge < -0.3 is 14.6 Å². The molecule has 3 rings (SSSR count). The average Bonchev–Trinajstić information content (AvgIpc) is 2.96. The molecule has 5 nitrogen and oxygen atoms in total. The predicted octanol–water partition coefficient (Wildman–Crippen LogP) is 2.36. The standard InChI is InChI=1S/C15H14F3N3O2/c16-15(17,18)11-3-1-2-10(6-11)7-19-14(22)12-8-21-4-5-23-9-13(21)20-12/h1-3,6,8H,4-5,7,9H2,(H,19,22). The molecule has 0 unspecified atom stereocenters. The number of benzene rings is 1. The Bertz CT molecular complexity index is 701. The Morgan fingerprint density at radius 1 is 1.39 bits per heavy atom. The Balaban J connectivity index is 1.66. The van der Waals surface area contributed by atoms with E-state index in [1.165, 1.54) is 12.1 Å². The number of rotatable bonds is 3. The molecular formula is C15H14F3N3O2. The van der Waals surface area contributed by atoms with Gasteiger partial charge in [0.25, 0.3) is 5.91 Å². The summed E-state index contributed by atoms with van der Waals surface area (Å²) in [5.41, 5.74) is -0.128. The van der Waals surface area contributed by atoms with Gasteiger partial charge in [0, 0.05) is 19.3 Å². The number of nitrogens with zero attached hydrogens (tertiary/aromatic N) is 2. The summed E-state index contributed by atoms with van der Waals surface area (Å²) in [6, 6.07) is 4.86. The Morgan fingerprint density at radius 3 is 2.96 bits per heavy atom. The summed E-state index contributed by atoms with van der Waals surface area (Å²) in [6.45, 7) is 1.54. The van der Waals surface area contributed by atoms with E-state index in [1.54, 1.807) is 6.20 Å². The Hall–Kier alpha value is -2.35. The Morgan fingerprint density at radius 2 is 2.22 bits per heavy atom. The number of carbonyl (C=O) groups is 1. The molecule has 0 radical (unpaired) electrons. The third-order valence-electron chi connectivity index (χ3n) is 3.51. The van der Waals surface area contributed by atoms with Crippen LogP contribution in [-0.2, 0) is 30.6 Å². The van der Waals surface area contributed by atoms with Gasteiger partial charge in [0.2, 0.25) is 0 Å². The Kier molecular flexibility index (Phi) is 4.08. The van der Waals surface area contributed by atoms with Crippen molar-refractivity contribution in [1.29, 1.82) is 0 Å². The molecule has 0 bridgehead atoms. The largest absolute Gasteiger partial charge is 0.416 e. The molecule has 0 fully saturated rings. The molecule has 23 heavy (non-hydrogen) atoms. The van der Waals surface area contributed by atoms with Crippen LogP contribution in [-0.4, -0.2) is 22.1 Å². The van der Waals surface area contributed by atoms with Gasteiger partial charge in [0.1, 0.15) is 18.1 Å². The number of aromatic nitrogens is 2. The molecule has 1 aliphatic heterocycles. The number of alkyl halides is 3. The maximum Gasteiger partial charge on any atom is 0.416 e. The number of amides is 1. The Labute approximate surface area is 130 Å². The van der Waals surface area contributed by atoms with Crippen molar-refractivity contribution < 1.29 is 22.7 Å². The van der Waals surface area contributed by atoms with E-state index in [9.17, 15) is 18.0 Å². The van der Waals surface area contributed by atoms with Crippen LogP contribution in [0.4, 0.5) is 13.2 Å². The molecule has 0 saturated heterocycles. The van der Waals surface area contributed by atoms with Crippen LogP contribution < -0.4 is 5.32 Å². The van der Waals surface area contributed by atoms with Gasteiger partial charge >= 0.3 is 6.18 Å². The first-order valence-electron chi connectivity index (χ1n) is 7.01. The van der Waals surface area contributed by atoms with Crippen molar-refractivity contribution in [2.24, 2.45) is 0 Å². The summed E-state index contributed by atoms with van der Waals surface area (Å²) in [6.07, 6.45) is -2.78. The summed E-state index contributed by atoms with van der Waals surface area (Å²) in [5, 5.41) is 2.58. The molecule has 1 aromatic carbocycles. The average molecular weight is 325 g/mol. The van der Waals surface area contributed by atoms with Crippen molar-refractivity contribution in [2.45, 2.75) is 25.9 Å². The van der Waals surface area contributed by atoms with Crippen molar-refractivity contribution in [2.75, 3.05) is 6.61 Å². The van der Waals surface area contributed by atoms with E-state index in [4.69, 9.17) is 4.74 Å². The fourth-order valence-corrected chi connectivity index (χ4v) is 2.33. The molecule has 0 spiro atoms. The lowest BCUT2D eigenvalue weighted by molar-refractivity contribution is -0.137. The molecule has 0 atom stereocenters. The zero-order valence-electron chi connectivity index (χ0n) is 12.1. The van der Waals surface area contributed by atoms with E-state index in [1.807, 2.05) is 4.57 Å². The third kappa shape index (κ3) is 3.53. The number of nitrogens with one attached hydrogen (secondary N) is 1. The minimum Gasteiger partial charge on any atom is -0.372 e. The summed E-state index contributed by atoms with van der Waals surface area (Å²) in [7, 11) is 0. The minimum atomic E-state index is -4.40. The van der Waals surface area contributed by atoms with E-state index < -0.39 is 17.6 Å².